The third-order valence-electron chi connectivity index (χ3n) is 3.02. The quantitative estimate of drug-likeness (QED) is 0.844. The smallest absolute Gasteiger partial charge is 0.0982 e. The molecule has 0 saturated heterocycles. The summed E-state index contributed by atoms with van der Waals surface area (Å²) < 4.78 is 5.95. The SMILES string of the molecule is CCOC(c1ccccc1)C(NC)C(C)(C)C. The van der Waals surface area contributed by atoms with Crippen LogP contribution in [-0.2, 0) is 4.74 Å². The van der Waals surface area contributed by atoms with Gasteiger partial charge >= 0.3 is 0 Å². The maximum atomic E-state index is 5.95. The van der Waals surface area contributed by atoms with Gasteiger partial charge in [-0.2, -0.15) is 0 Å². The monoisotopic (exact) mass is 235 g/mol. The molecule has 17 heavy (non-hydrogen) atoms. The van der Waals surface area contributed by atoms with Crippen molar-refractivity contribution in [3.63, 3.8) is 0 Å². The van der Waals surface area contributed by atoms with Crippen LogP contribution in [0.15, 0.2) is 30.3 Å². The normalized spacial score (nSPS) is 15.6. The van der Waals surface area contributed by atoms with E-state index in [0.29, 0.717) is 6.04 Å². The highest BCUT2D eigenvalue weighted by atomic mass is 16.5. The lowest BCUT2D eigenvalue weighted by molar-refractivity contribution is 0.00340. The molecule has 1 aromatic carbocycles. The van der Waals surface area contributed by atoms with E-state index in [0.717, 1.165) is 6.61 Å². The molecule has 2 unspecified atom stereocenters. The lowest BCUT2D eigenvalue weighted by atomic mass is 9.81. The fourth-order valence-electron chi connectivity index (χ4n) is 2.25. The highest BCUT2D eigenvalue weighted by Crippen LogP contribution is 2.32. The minimum Gasteiger partial charge on any atom is -0.372 e. The zero-order chi connectivity index (χ0) is 12.9. The van der Waals surface area contributed by atoms with Crippen molar-refractivity contribution in [3.8, 4) is 0 Å². The van der Waals surface area contributed by atoms with Gasteiger partial charge in [-0.1, -0.05) is 51.1 Å². The number of hydrogen-bond acceptors (Lipinski definition) is 2. The van der Waals surface area contributed by atoms with E-state index in [-0.39, 0.29) is 11.5 Å². The number of rotatable bonds is 5. The van der Waals surface area contributed by atoms with E-state index in [1.54, 1.807) is 0 Å². The Morgan fingerprint density at radius 1 is 1.18 bits per heavy atom. The summed E-state index contributed by atoms with van der Waals surface area (Å²) in [6, 6.07) is 10.7. The fraction of sp³-hybridized carbons (Fsp3) is 0.600. The van der Waals surface area contributed by atoms with Crippen LogP contribution < -0.4 is 5.32 Å². The summed E-state index contributed by atoms with van der Waals surface area (Å²) in [5.74, 6) is 0. The molecule has 0 saturated carbocycles. The Balaban J connectivity index is 2.99. The molecule has 1 aromatic rings. The van der Waals surface area contributed by atoms with Gasteiger partial charge in [0.2, 0.25) is 0 Å². The Kier molecular flexibility index (Phi) is 5.16. The highest BCUT2D eigenvalue weighted by Gasteiger charge is 2.32. The van der Waals surface area contributed by atoms with Crippen molar-refractivity contribution in [2.75, 3.05) is 13.7 Å². The van der Waals surface area contributed by atoms with Crippen molar-refractivity contribution in [2.45, 2.75) is 39.8 Å². The van der Waals surface area contributed by atoms with E-state index in [4.69, 9.17) is 4.74 Å². The minimum absolute atomic E-state index is 0.103. The van der Waals surface area contributed by atoms with E-state index >= 15 is 0 Å². The molecule has 0 heterocycles. The molecular formula is C15H25NO. The molecule has 0 aromatic heterocycles. The standard InChI is InChI=1S/C15H25NO/c1-6-17-13(12-10-8-7-9-11-12)14(16-5)15(2,3)4/h7-11,13-14,16H,6H2,1-5H3. The Hall–Kier alpha value is -0.860. The zero-order valence-electron chi connectivity index (χ0n) is 11.7. The van der Waals surface area contributed by atoms with Crippen LogP contribution in [0.25, 0.3) is 0 Å². The molecule has 0 aliphatic heterocycles. The van der Waals surface area contributed by atoms with Crippen LogP contribution in [-0.4, -0.2) is 19.7 Å². The summed E-state index contributed by atoms with van der Waals surface area (Å²) in [6.45, 7) is 9.49. The zero-order valence-corrected chi connectivity index (χ0v) is 11.7. The highest BCUT2D eigenvalue weighted by molar-refractivity contribution is 5.20. The van der Waals surface area contributed by atoms with Crippen molar-refractivity contribution in [1.29, 1.82) is 0 Å². The Labute approximate surface area is 105 Å². The van der Waals surface area contributed by atoms with Gasteiger partial charge in [-0.15, -0.1) is 0 Å². The molecule has 2 nitrogen and oxygen atoms in total. The number of hydrogen-bond donors (Lipinski definition) is 1. The third kappa shape index (κ3) is 3.83. The molecule has 0 aliphatic rings. The molecule has 0 radical (unpaired) electrons. The minimum atomic E-state index is 0.103. The first-order chi connectivity index (χ1) is 8.00. The number of nitrogens with one attached hydrogen (secondary N) is 1. The maximum Gasteiger partial charge on any atom is 0.0982 e. The van der Waals surface area contributed by atoms with Gasteiger partial charge in [-0.25, -0.2) is 0 Å². The Bertz CT molecular complexity index is 315. The van der Waals surface area contributed by atoms with E-state index in [9.17, 15) is 0 Å². The molecule has 96 valence electrons. The van der Waals surface area contributed by atoms with Crippen molar-refractivity contribution in [1.82, 2.24) is 5.32 Å². The topological polar surface area (TPSA) is 21.3 Å². The summed E-state index contributed by atoms with van der Waals surface area (Å²) >= 11 is 0. The van der Waals surface area contributed by atoms with Crippen LogP contribution in [0.4, 0.5) is 0 Å². The van der Waals surface area contributed by atoms with Crippen LogP contribution in [0.1, 0.15) is 39.4 Å². The molecule has 0 fully saturated rings. The van der Waals surface area contributed by atoms with Crippen LogP contribution in [0.5, 0.6) is 0 Å². The summed E-state index contributed by atoms with van der Waals surface area (Å²) in [5, 5.41) is 3.40. The molecule has 0 bridgehead atoms. The lowest BCUT2D eigenvalue weighted by Crippen LogP contribution is -2.44. The van der Waals surface area contributed by atoms with Crippen LogP contribution in [0, 0.1) is 5.41 Å². The second-order valence-electron chi connectivity index (χ2n) is 5.42. The third-order valence-corrected chi connectivity index (χ3v) is 3.02. The second kappa shape index (κ2) is 6.18. The molecule has 1 rings (SSSR count). The van der Waals surface area contributed by atoms with Crippen LogP contribution in [0.3, 0.4) is 0 Å². The van der Waals surface area contributed by atoms with E-state index in [2.05, 4.69) is 50.4 Å². The Morgan fingerprint density at radius 2 is 1.76 bits per heavy atom. The Morgan fingerprint density at radius 3 is 2.18 bits per heavy atom. The molecule has 2 heteroatoms. The molecule has 0 amide bonds. The van der Waals surface area contributed by atoms with E-state index in [1.807, 2.05) is 20.0 Å². The van der Waals surface area contributed by atoms with Gasteiger partial charge < -0.3 is 10.1 Å². The van der Waals surface area contributed by atoms with Gasteiger partial charge in [-0.05, 0) is 24.9 Å². The van der Waals surface area contributed by atoms with Crippen molar-refractivity contribution in [3.05, 3.63) is 35.9 Å². The molecule has 1 N–H and O–H groups in total. The first kappa shape index (κ1) is 14.2. The van der Waals surface area contributed by atoms with Crippen molar-refractivity contribution < 1.29 is 4.74 Å². The average molecular weight is 235 g/mol. The lowest BCUT2D eigenvalue weighted by Gasteiger charge is -2.37. The summed E-state index contributed by atoms with van der Waals surface area (Å²) in [6.07, 6.45) is 0.103. The number of ether oxygens (including phenoxy) is 1. The average Bonchev–Trinajstić information content (AvgIpc) is 2.28. The van der Waals surface area contributed by atoms with Gasteiger partial charge in [0.1, 0.15) is 0 Å². The largest absolute Gasteiger partial charge is 0.372 e. The summed E-state index contributed by atoms with van der Waals surface area (Å²) in [5.41, 5.74) is 1.40. The predicted octanol–water partition coefficient (Wildman–Crippen LogP) is 3.40. The predicted molar refractivity (Wildman–Crippen MR) is 73.1 cm³/mol. The van der Waals surface area contributed by atoms with Gasteiger partial charge in [0, 0.05) is 12.6 Å². The molecule has 2 atom stereocenters. The summed E-state index contributed by atoms with van der Waals surface area (Å²) in [4.78, 5) is 0. The fourth-order valence-corrected chi connectivity index (χ4v) is 2.25. The number of benzene rings is 1. The van der Waals surface area contributed by atoms with Crippen molar-refractivity contribution in [2.24, 2.45) is 5.41 Å². The first-order valence-electron chi connectivity index (χ1n) is 6.34. The molecule has 0 spiro atoms. The van der Waals surface area contributed by atoms with Gasteiger partial charge in [0.15, 0.2) is 0 Å². The second-order valence-corrected chi connectivity index (χ2v) is 5.42. The van der Waals surface area contributed by atoms with E-state index in [1.165, 1.54) is 5.56 Å². The number of likely N-dealkylation sites (N-methyl/N-ethyl adjacent to an activating group) is 1. The van der Waals surface area contributed by atoms with Crippen LogP contribution >= 0.6 is 0 Å². The van der Waals surface area contributed by atoms with Crippen LogP contribution in [0.2, 0.25) is 0 Å². The first-order valence-corrected chi connectivity index (χ1v) is 6.34. The summed E-state index contributed by atoms with van der Waals surface area (Å²) in [7, 11) is 2.00. The maximum absolute atomic E-state index is 5.95. The van der Waals surface area contributed by atoms with E-state index < -0.39 is 0 Å². The molecule has 0 aliphatic carbocycles. The van der Waals surface area contributed by atoms with Gasteiger partial charge in [0.05, 0.1) is 6.10 Å². The van der Waals surface area contributed by atoms with Gasteiger partial charge in [-0.3, -0.25) is 0 Å². The molecular weight excluding hydrogens is 210 g/mol. The van der Waals surface area contributed by atoms with Crippen molar-refractivity contribution >= 4 is 0 Å². The van der Waals surface area contributed by atoms with Gasteiger partial charge in [0.25, 0.3) is 0 Å².